The number of hydrogen-bond acceptors (Lipinski definition) is 1. The topological polar surface area (TPSA) is 0 Å². The summed E-state index contributed by atoms with van der Waals surface area (Å²) in [6, 6.07) is 0. The van der Waals surface area contributed by atoms with Crippen molar-refractivity contribution in [2.75, 3.05) is 5.75 Å². The van der Waals surface area contributed by atoms with Crippen molar-refractivity contribution in [1.82, 2.24) is 0 Å². The number of hydrogen-bond donors (Lipinski definition) is 0. The molecule has 0 bridgehead atoms. The lowest BCUT2D eigenvalue weighted by molar-refractivity contribution is 0.641. The predicted molar refractivity (Wildman–Crippen MR) is 51.7 cm³/mol. The minimum absolute atomic E-state index is 0.835. The van der Waals surface area contributed by atoms with Crippen molar-refractivity contribution in [1.29, 1.82) is 0 Å². The second-order valence-corrected chi connectivity index (χ2v) is 4.66. The van der Waals surface area contributed by atoms with Gasteiger partial charge in [-0.2, -0.15) is 11.8 Å². The van der Waals surface area contributed by atoms with Crippen molar-refractivity contribution in [2.24, 2.45) is 5.92 Å². The quantitative estimate of drug-likeness (QED) is 0.554. The summed E-state index contributed by atoms with van der Waals surface area (Å²) in [6.45, 7) is 9.17. The normalized spacial score (nSPS) is 14.1. The summed E-state index contributed by atoms with van der Waals surface area (Å²) in [4.78, 5) is 0. The Kier molecular flexibility index (Phi) is 6.30. The average molecular weight is 160 g/mol. The fourth-order valence-corrected chi connectivity index (χ4v) is 1.82. The third-order valence-corrected chi connectivity index (χ3v) is 3.41. The van der Waals surface area contributed by atoms with Gasteiger partial charge in [-0.25, -0.2) is 0 Å². The van der Waals surface area contributed by atoms with Gasteiger partial charge in [-0.15, -0.1) is 0 Å². The molecule has 1 heteroatoms. The van der Waals surface area contributed by atoms with Crippen LogP contribution in [-0.2, 0) is 0 Å². The molecule has 0 aliphatic heterocycles. The standard InChI is InChI=1S/C9H20S/c1-5-6-7-10-9(4)8(2)3/h8-9H,5-7H2,1-4H3. The van der Waals surface area contributed by atoms with Crippen molar-refractivity contribution in [2.45, 2.75) is 45.8 Å². The second kappa shape index (κ2) is 6.09. The third kappa shape index (κ3) is 5.16. The maximum atomic E-state index is 2.32. The molecule has 0 heterocycles. The lowest BCUT2D eigenvalue weighted by atomic mass is 10.2. The van der Waals surface area contributed by atoms with Gasteiger partial charge in [-0.3, -0.25) is 0 Å². The van der Waals surface area contributed by atoms with Gasteiger partial charge < -0.3 is 0 Å². The Bertz CT molecular complexity index is 69.1. The van der Waals surface area contributed by atoms with Crippen molar-refractivity contribution >= 4 is 11.8 Å². The van der Waals surface area contributed by atoms with Crippen LogP contribution in [0.15, 0.2) is 0 Å². The van der Waals surface area contributed by atoms with Crippen LogP contribution in [0, 0.1) is 5.92 Å². The molecule has 62 valence electrons. The van der Waals surface area contributed by atoms with Crippen molar-refractivity contribution in [3.05, 3.63) is 0 Å². The van der Waals surface area contributed by atoms with Crippen LogP contribution in [0.25, 0.3) is 0 Å². The van der Waals surface area contributed by atoms with E-state index in [-0.39, 0.29) is 0 Å². The Labute approximate surface area is 69.8 Å². The molecule has 0 spiro atoms. The molecule has 0 aromatic heterocycles. The lowest BCUT2D eigenvalue weighted by Crippen LogP contribution is -2.06. The molecule has 1 atom stereocenters. The van der Waals surface area contributed by atoms with Gasteiger partial charge in [-0.05, 0) is 18.1 Å². The molecule has 1 unspecified atom stereocenters. The zero-order valence-electron chi connectivity index (χ0n) is 7.68. The third-order valence-electron chi connectivity index (χ3n) is 1.82. The molecule has 0 fully saturated rings. The summed E-state index contributed by atoms with van der Waals surface area (Å²) in [7, 11) is 0. The number of unbranched alkanes of at least 4 members (excludes halogenated alkanes) is 1. The summed E-state index contributed by atoms with van der Waals surface area (Å²) in [5, 5.41) is 0.839. The molecule has 0 aliphatic rings. The molecule has 0 saturated carbocycles. The highest BCUT2D eigenvalue weighted by molar-refractivity contribution is 7.99. The first-order valence-corrected chi connectivity index (χ1v) is 5.35. The number of thioether (sulfide) groups is 1. The van der Waals surface area contributed by atoms with E-state index in [0.717, 1.165) is 11.2 Å². The zero-order chi connectivity index (χ0) is 7.98. The van der Waals surface area contributed by atoms with Gasteiger partial charge >= 0.3 is 0 Å². The van der Waals surface area contributed by atoms with Crippen LogP contribution in [0.5, 0.6) is 0 Å². The van der Waals surface area contributed by atoms with E-state index >= 15 is 0 Å². The minimum Gasteiger partial charge on any atom is -0.159 e. The van der Waals surface area contributed by atoms with Crippen molar-refractivity contribution in [3.8, 4) is 0 Å². The predicted octanol–water partition coefficient (Wildman–Crippen LogP) is 3.56. The molecular formula is C9H20S. The zero-order valence-corrected chi connectivity index (χ0v) is 8.50. The van der Waals surface area contributed by atoms with E-state index in [0.29, 0.717) is 0 Å². The van der Waals surface area contributed by atoms with E-state index in [1.807, 2.05) is 0 Å². The van der Waals surface area contributed by atoms with Gasteiger partial charge in [0.1, 0.15) is 0 Å². The highest BCUT2D eigenvalue weighted by atomic mass is 32.2. The molecule has 0 nitrogen and oxygen atoms in total. The molecule has 0 aliphatic carbocycles. The van der Waals surface area contributed by atoms with Crippen LogP contribution in [0.4, 0.5) is 0 Å². The SMILES string of the molecule is CCCCSC(C)C(C)C. The largest absolute Gasteiger partial charge is 0.159 e. The second-order valence-electron chi connectivity index (χ2n) is 3.17. The van der Waals surface area contributed by atoms with Gasteiger partial charge in [0, 0.05) is 5.25 Å². The fraction of sp³-hybridized carbons (Fsp3) is 1.00. The molecule has 10 heavy (non-hydrogen) atoms. The molecule has 0 aromatic carbocycles. The van der Waals surface area contributed by atoms with Gasteiger partial charge in [0.2, 0.25) is 0 Å². The van der Waals surface area contributed by atoms with Crippen LogP contribution in [0.3, 0.4) is 0 Å². The van der Waals surface area contributed by atoms with E-state index < -0.39 is 0 Å². The smallest absolute Gasteiger partial charge is 0.00417 e. The van der Waals surface area contributed by atoms with Crippen LogP contribution >= 0.6 is 11.8 Å². The monoisotopic (exact) mass is 160 g/mol. The Morgan fingerprint density at radius 2 is 1.80 bits per heavy atom. The fourth-order valence-electron chi connectivity index (χ4n) is 0.606. The highest BCUT2D eigenvalue weighted by Gasteiger charge is 2.05. The Morgan fingerprint density at radius 1 is 1.20 bits per heavy atom. The summed E-state index contributed by atoms with van der Waals surface area (Å²) in [5.41, 5.74) is 0. The van der Waals surface area contributed by atoms with Crippen LogP contribution < -0.4 is 0 Å². The van der Waals surface area contributed by atoms with Crippen molar-refractivity contribution in [3.63, 3.8) is 0 Å². The molecule has 0 rings (SSSR count). The summed E-state index contributed by atoms with van der Waals surface area (Å²) >= 11 is 2.11. The van der Waals surface area contributed by atoms with Crippen LogP contribution in [0.1, 0.15) is 40.5 Å². The molecule has 0 amide bonds. The Balaban J connectivity index is 3.13. The Morgan fingerprint density at radius 3 is 2.20 bits per heavy atom. The lowest BCUT2D eigenvalue weighted by Gasteiger charge is -2.13. The van der Waals surface area contributed by atoms with E-state index in [1.54, 1.807) is 0 Å². The maximum absolute atomic E-state index is 2.32. The van der Waals surface area contributed by atoms with E-state index in [2.05, 4.69) is 39.5 Å². The van der Waals surface area contributed by atoms with Gasteiger partial charge in [-0.1, -0.05) is 34.1 Å². The van der Waals surface area contributed by atoms with Crippen LogP contribution in [-0.4, -0.2) is 11.0 Å². The van der Waals surface area contributed by atoms with Gasteiger partial charge in [0.05, 0.1) is 0 Å². The molecule has 0 aromatic rings. The Hall–Kier alpha value is 0.350. The maximum Gasteiger partial charge on any atom is 0.00417 e. The van der Waals surface area contributed by atoms with E-state index in [9.17, 15) is 0 Å². The van der Waals surface area contributed by atoms with E-state index in [1.165, 1.54) is 18.6 Å². The minimum atomic E-state index is 0.835. The van der Waals surface area contributed by atoms with Crippen LogP contribution in [0.2, 0.25) is 0 Å². The number of rotatable bonds is 5. The van der Waals surface area contributed by atoms with Gasteiger partial charge in [0.15, 0.2) is 0 Å². The molecule has 0 saturated heterocycles. The first kappa shape index (κ1) is 10.3. The molecular weight excluding hydrogens is 140 g/mol. The van der Waals surface area contributed by atoms with Gasteiger partial charge in [0.25, 0.3) is 0 Å². The summed E-state index contributed by atoms with van der Waals surface area (Å²) in [5.74, 6) is 2.18. The van der Waals surface area contributed by atoms with Crippen molar-refractivity contribution < 1.29 is 0 Å². The molecule has 0 N–H and O–H groups in total. The first-order valence-electron chi connectivity index (χ1n) is 4.30. The summed E-state index contributed by atoms with van der Waals surface area (Å²) < 4.78 is 0. The average Bonchev–Trinajstić information content (AvgIpc) is 1.88. The highest BCUT2D eigenvalue weighted by Crippen LogP contribution is 2.19. The summed E-state index contributed by atoms with van der Waals surface area (Å²) in [6.07, 6.45) is 2.71. The van der Waals surface area contributed by atoms with E-state index in [4.69, 9.17) is 0 Å². The first-order chi connectivity index (χ1) is 4.68. The molecule has 0 radical (unpaired) electrons.